The maximum atomic E-state index is 13.4. The topological polar surface area (TPSA) is 69.7 Å². The summed E-state index contributed by atoms with van der Waals surface area (Å²) in [6, 6.07) is 13.8. The highest BCUT2D eigenvalue weighted by atomic mass is 35.5. The van der Waals surface area contributed by atoms with Crippen LogP contribution in [0.15, 0.2) is 53.4 Å². The normalized spacial score (nSPS) is 18.9. The van der Waals surface area contributed by atoms with Crippen molar-refractivity contribution in [3.63, 3.8) is 0 Å². The third kappa shape index (κ3) is 4.05. The lowest BCUT2D eigenvalue weighted by Gasteiger charge is -2.21. The predicted molar refractivity (Wildman–Crippen MR) is 133 cm³/mol. The summed E-state index contributed by atoms with van der Waals surface area (Å²) in [5.74, 6) is -1.01. The maximum absolute atomic E-state index is 13.4. The summed E-state index contributed by atoms with van der Waals surface area (Å²) >= 11 is 12.5. The molecule has 0 spiro atoms. The summed E-state index contributed by atoms with van der Waals surface area (Å²) in [5.41, 5.74) is 2.09. The Morgan fingerprint density at radius 3 is 2.50 bits per heavy atom. The first kappa shape index (κ1) is 22.5. The number of carbonyl (C=O) groups is 3. The molecule has 6 nitrogen and oxygen atoms in total. The van der Waals surface area contributed by atoms with Crippen molar-refractivity contribution in [3.8, 4) is 0 Å². The largest absolute Gasteiger partial charge is 0.325 e. The molecule has 0 aromatic heterocycles. The van der Waals surface area contributed by atoms with Crippen LogP contribution in [-0.4, -0.2) is 39.5 Å². The molecular weight excluding hydrogens is 466 g/mol. The van der Waals surface area contributed by atoms with Crippen LogP contribution < -0.4 is 10.2 Å². The number of anilines is 2. The lowest BCUT2D eigenvalue weighted by Crippen LogP contribution is -2.37. The van der Waals surface area contributed by atoms with Gasteiger partial charge in [0.1, 0.15) is 10.9 Å². The van der Waals surface area contributed by atoms with Gasteiger partial charge in [0.15, 0.2) is 0 Å². The first-order valence-electron chi connectivity index (χ1n) is 10.1. The molecule has 0 saturated carbocycles. The minimum absolute atomic E-state index is 0.0615. The van der Waals surface area contributed by atoms with Crippen molar-refractivity contribution in [2.45, 2.75) is 26.3 Å². The fourth-order valence-electron chi connectivity index (χ4n) is 3.63. The highest BCUT2D eigenvalue weighted by Gasteiger charge is 2.43. The fraction of sp³-hybridized carbons (Fsp3) is 0.217. The van der Waals surface area contributed by atoms with Crippen LogP contribution in [0.25, 0.3) is 5.57 Å². The zero-order chi connectivity index (χ0) is 23.0. The number of nitrogens with zero attached hydrogens (tertiary/aromatic N) is 2. The molecule has 4 rings (SSSR count). The molecule has 1 N–H and O–H groups in total. The number of hydrogen-bond donors (Lipinski definition) is 1. The average Bonchev–Trinajstić information content (AvgIpc) is 3.21. The monoisotopic (exact) mass is 485 g/mol. The van der Waals surface area contributed by atoms with E-state index in [0.717, 1.165) is 18.2 Å². The van der Waals surface area contributed by atoms with Crippen molar-refractivity contribution in [3.05, 3.63) is 64.0 Å². The van der Waals surface area contributed by atoms with Crippen molar-refractivity contribution in [1.29, 1.82) is 0 Å². The van der Waals surface area contributed by atoms with Gasteiger partial charge in [-0.3, -0.25) is 24.2 Å². The van der Waals surface area contributed by atoms with E-state index < -0.39 is 0 Å². The second-order valence-corrected chi connectivity index (χ2v) is 9.55. The van der Waals surface area contributed by atoms with E-state index in [-0.39, 0.29) is 30.3 Å². The van der Waals surface area contributed by atoms with E-state index in [1.54, 1.807) is 53.4 Å². The zero-order valence-corrected chi connectivity index (χ0v) is 19.8. The molecule has 2 aromatic carbocycles. The molecular formula is C23H20ClN3O3S2. The quantitative estimate of drug-likeness (QED) is 0.491. The van der Waals surface area contributed by atoms with Crippen molar-refractivity contribution in [2.75, 3.05) is 16.8 Å². The molecule has 9 heteroatoms. The Kier molecular flexibility index (Phi) is 6.37. The maximum Gasteiger partial charge on any atom is 0.267 e. The third-order valence-electron chi connectivity index (χ3n) is 5.41. The molecule has 2 aliphatic rings. The van der Waals surface area contributed by atoms with Crippen LogP contribution >= 0.6 is 35.6 Å². The van der Waals surface area contributed by atoms with Crippen LogP contribution in [-0.2, 0) is 14.4 Å². The molecule has 3 amide bonds. The third-order valence-corrected chi connectivity index (χ3v) is 7.06. The first-order valence-corrected chi connectivity index (χ1v) is 11.7. The van der Waals surface area contributed by atoms with Gasteiger partial charge >= 0.3 is 0 Å². The van der Waals surface area contributed by atoms with Gasteiger partial charge in [0.2, 0.25) is 5.91 Å². The molecule has 1 fully saturated rings. The summed E-state index contributed by atoms with van der Waals surface area (Å²) in [4.78, 5) is 42.5. The molecule has 0 radical (unpaired) electrons. The molecule has 2 aromatic rings. The Morgan fingerprint density at radius 2 is 1.81 bits per heavy atom. The molecule has 1 unspecified atom stereocenters. The summed E-state index contributed by atoms with van der Waals surface area (Å²) in [5, 5.41) is 3.33. The summed E-state index contributed by atoms with van der Waals surface area (Å²) in [6.07, 6.45) is 0.747. The molecule has 1 saturated heterocycles. The van der Waals surface area contributed by atoms with E-state index >= 15 is 0 Å². The number of benzene rings is 2. The Bertz CT molecular complexity index is 1160. The Labute approximate surface area is 200 Å². The van der Waals surface area contributed by atoms with Gasteiger partial charge in [-0.1, -0.05) is 60.7 Å². The number of rotatable bonds is 5. The second kappa shape index (κ2) is 9.05. The fourth-order valence-corrected chi connectivity index (χ4v) is 5.29. The van der Waals surface area contributed by atoms with Crippen LogP contribution in [0.2, 0.25) is 5.02 Å². The van der Waals surface area contributed by atoms with Crippen LogP contribution in [0.5, 0.6) is 0 Å². The second-order valence-electron chi connectivity index (χ2n) is 7.47. The average molecular weight is 486 g/mol. The molecule has 0 bridgehead atoms. The summed E-state index contributed by atoms with van der Waals surface area (Å²) in [6.45, 7) is 3.72. The number of hydrogen-bond acceptors (Lipinski definition) is 5. The van der Waals surface area contributed by atoms with Gasteiger partial charge in [0, 0.05) is 22.3 Å². The number of fused-ring (bicyclic) bond motifs is 1. The van der Waals surface area contributed by atoms with E-state index in [0.29, 0.717) is 36.8 Å². The molecule has 2 heterocycles. The first-order chi connectivity index (χ1) is 15.3. The van der Waals surface area contributed by atoms with Gasteiger partial charge in [-0.15, -0.1) is 0 Å². The van der Waals surface area contributed by atoms with E-state index in [2.05, 4.69) is 5.32 Å². The van der Waals surface area contributed by atoms with E-state index in [4.69, 9.17) is 23.8 Å². The van der Waals surface area contributed by atoms with Gasteiger partial charge < -0.3 is 5.32 Å². The lowest BCUT2D eigenvalue weighted by molar-refractivity contribution is -0.123. The van der Waals surface area contributed by atoms with Crippen LogP contribution in [0, 0.1) is 0 Å². The van der Waals surface area contributed by atoms with E-state index in [1.165, 1.54) is 4.90 Å². The Hall–Kier alpha value is -2.68. The number of halogens is 1. The van der Waals surface area contributed by atoms with E-state index in [9.17, 15) is 14.4 Å². The number of carbonyl (C=O) groups excluding carboxylic acids is 3. The number of amides is 3. The van der Waals surface area contributed by atoms with Gasteiger partial charge in [-0.2, -0.15) is 0 Å². The number of thiocarbonyl (C=S) groups is 1. The van der Waals surface area contributed by atoms with E-state index in [1.807, 2.05) is 13.8 Å². The van der Waals surface area contributed by atoms with Crippen molar-refractivity contribution in [2.24, 2.45) is 0 Å². The van der Waals surface area contributed by atoms with Crippen LogP contribution in [0.1, 0.15) is 25.8 Å². The van der Waals surface area contributed by atoms with Gasteiger partial charge in [0.05, 0.1) is 16.2 Å². The van der Waals surface area contributed by atoms with Crippen molar-refractivity contribution in [1.82, 2.24) is 4.90 Å². The Morgan fingerprint density at radius 1 is 1.12 bits per heavy atom. The number of para-hydroxylation sites is 1. The van der Waals surface area contributed by atoms with Crippen molar-refractivity contribution < 1.29 is 14.4 Å². The number of nitrogens with one attached hydrogen (secondary N) is 1. The highest BCUT2D eigenvalue weighted by Crippen LogP contribution is 2.45. The highest BCUT2D eigenvalue weighted by molar-refractivity contribution is 8.26. The standard InChI is InChI=1S/C23H20ClN3O3S2/c1-3-13(2)27-22(30)20(32-23(27)31)19-16-6-4-5-7-17(16)26(21(19)29)12-18(28)25-15-10-8-14(24)9-11-15/h4-11,13H,3,12H2,1-2H3,(H,25,28). The minimum Gasteiger partial charge on any atom is -0.325 e. The SMILES string of the molecule is CCC(C)N1C(=O)C(=C2C(=O)N(CC(=O)Nc3ccc(Cl)cc3)c3ccccc32)SC1=S. The molecule has 1 atom stereocenters. The predicted octanol–water partition coefficient (Wildman–Crippen LogP) is 4.70. The van der Waals surface area contributed by atoms with Crippen LogP contribution in [0.3, 0.4) is 0 Å². The zero-order valence-electron chi connectivity index (χ0n) is 17.4. The molecule has 2 aliphatic heterocycles. The summed E-state index contributed by atoms with van der Waals surface area (Å²) in [7, 11) is 0. The Balaban J connectivity index is 1.65. The molecule has 32 heavy (non-hydrogen) atoms. The van der Waals surface area contributed by atoms with Crippen molar-refractivity contribution >= 4 is 74.6 Å². The smallest absolute Gasteiger partial charge is 0.267 e. The van der Waals surface area contributed by atoms with Gasteiger partial charge in [-0.25, -0.2) is 0 Å². The van der Waals surface area contributed by atoms with Gasteiger partial charge in [-0.05, 0) is 43.7 Å². The van der Waals surface area contributed by atoms with Gasteiger partial charge in [0.25, 0.3) is 11.8 Å². The molecule has 164 valence electrons. The molecule has 0 aliphatic carbocycles. The number of thioether (sulfide) groups is 1. The minimum atomic E-state index is -0.387. The van der Waals surface area contributed by atoms with Crippen LogP contribution in [0.4, 0.5) is 11.4 Å². The lowest BCUT2D eigenvalue weighted by atomic mass is 10.1. The summed E-state index contributed by atoms with van der Waals surface area (Å²) < 4.78 is 0.441.